The summed E-state index contributed by atoms with van der Waals surface area (Å²) in [7, 11) is 1.31. The summed E-state index contributed by atoms with van der Waals surface area (Å²) in [6.45, 7) is 1.48. The molecule has 1 aliphatic rings. The van der Waals surface area contributed by atoms with Gasteiger partial charge in [0.05, 0.1) is 13.7 Å². The van der Waals surface area contributed by atoms with E-state index in [1.165, 1.54) is 7.11 Å². The van der Waals surface area contributed by atoms with E-state index >= 15 is 0 Å². The third-order valence-electron chi connectivity index (χ3n) is 2.94. The van der Waals surface area contributed by atoms with Crippen LogP contribution in [-0.2, 0) is 20.9 Å². The lowest BCUT2D eigenvalue weighted by Crippen LogP contribution is -2.24. The highest BCUT2D eigenvalue weighted by Crippen LogP contribution is 2.16. The molecule has 0 aliphatic carbocycles. The van der Waals surface area contributed by atoms with Crippen LogP contribution < -0.4 is 0 Å². The first kappa shape index (κ1) is 11.8. The van der Waals surface area contributed by atoms with E-state index in [4.69, 9.17) is 0 Å². The molecule has 17 heavy (non-hydrogen) atoms. The molecule has 4 heteroatoms. The van der Waals surface area contributed by atoms with Crippen molar-refractivity contribution in [1.29, 1.82) is 0 Å². The van der Waals surface area contributed by atoms with Crippen LogP contribution in [0, 0.1) is 5.92 Å². The standard InChI is InChI=1S/C13H15NO3/c1-17-13(16)11-8-14(9-12(11)15)7-10-5-3-2-4-6-10/h2-6,11H,7-9H2,1H3/t11-/m0/s1. The number of benzene rings is 1. The Morgan fingerprint density at radius 1 is 1.41 bits per heavy atom. The molecule has 90 valence electrons. The average molecular weight is 233 g/mol. The van der Waals surface area contributed by atoms with Crippen molar-refractivity contribution in [2.24, 2.45) is 5.92 Å². The molecule has 1 heterocycles. The molecule has 0 unspecified atom stereocenters. The Morgan fingerprint density at radius 2 is 2.12 bits per heavy atom. The van der Waals surface area contributed by atoms with Crippen LogP contribution in [0.2, 0.25) is 0 Å². The number of rotatable bonds is 3. The second-order valence-electron chi connectivity index (χ2n) is 4.20. The van der Waals surface area contributed by atoms with Crippen molar-refractivity contribution in [2.45, 2.75) is 6.54 Å². The largest absolute Gasteiger partial charge is 0.468 e. The Bertz CT molecular complexity index is 416. The van der Waals surface area contributed by atoms with Gasteiger partial charge in [-0.05, 0) is 5.56 Å². The number of likely N-dealkylation sites (tertiary alicyclic amines) is 1. The Morgan fingerprint density at radius 3 is 2.76 bits per heavy atom. The van der Waals surface area contributed by atoms with Gasteiger partial charge in [-0.15, -0.1) is 0 Å². The van der Waals surface area contributed by atoms with Gasteiger partial charge in [0.2, 0.25) is 0 Å². The van der Waals surface area contributed by atoms with Gasteiger partial charge >= 0.3 is 5.97 Å². The molecule has 0 bridgehead atoms. The lowest BCUT2D eigenvalue weighted by molar-refractivity contribution is -0.147. The first-order valence-corrected chi connectivity index (χ1v) is 5.57. The molecule has 1 aromatic rings. The van der Waals surface area contributed by atoms with Crippen LogP contribution in [0.15, 0.2) is 30.3 Å². The van der Waals surface area contributed by atoms with Crippen molar-refractivity contribution in [3.63, 3.8) is 0 Å². The van der Waals surface area contributed by atoms with Crippen molar-refractivity contribution >= 4 is 11.8 Å². The monoisotopic (exact) mass is 233 g/mol. The number of esters is 1. The fourth-order valence-corrected chi connectivity index (χ4v) is 2.07. The summed E-state index contributed by atoms with van der Waals surface area (Å²) in [6, 6.07) is 9.90. The van der Waals surface area contributed by atoms with Crippen LogP contribution in [0.4, 0.5) is 0 Å². The number of ketones is 1. The van der Waals surface area contributed by atoms with Crippen molar-refractivity contribution in [1.82, 2.24) is 4.90 Å². The molecular weight excluding hydrogens is 218 g/mol. The van der Waals surface area contributed by atoms with Crippen molar-refractivity contribution in [2.75, 3.05) is 20.2 Å². The molecule has 0 amide bonds. The highest BCUT2D eigenvalue weighted by Gasteiger charge is 2.36. The highest BCUT2D eigenvalue weighted by molar-refractivity contribution is 6.01. The van der Waals surface area contributed by atoms with Gasteiger partial charge in [0, 0.05) is 13.1 Å². The summed E-state index contributed by atoms with van der Waals surface area (Å²) < 4.78 is 4.62. The maximum atomic E-state index is 11.6. The van der Waals surface area contributed by atoms with Crippen LogP contribution in [0.25, 0.3) is 0 Å². The number of hydrogen-bond donors (Lipinski definition) is 0. The average Bonchev–Trinajstić information content (AvgIpc) is 2.70. The lowest BCUT2D eigenvalue weighted by Gasteiger charge is -2.14. The zero-order valence-electron chi connectivity index (χ0n) is 9.76. The number of nitrogens with zero attached hydrogens (tertiary/aromatic N) is 1. The number of methoxy groups -OCH3 is 1. The van der Waals surface area contributed by atoms with Crippen LogP contribution in [0.1, 0.15) is 5.56 Å². The Labute approximate surface area is 100 Å². The third kappa shape index (κ3) is 2.71. The number of ether oxygens (including phenoxy) is 1. The normalized spacial score (nSPS) is 20.5. The maximum Gasteiger partial charge on any atom is 0.317 e. The molecule has 1 fully saturated rings. The van der Waals surface area contributed by atoms with Crippen molar-refractivity contribution < 1.29 is 14.3 Å². The molecular formula is C13H15NO3. The third-order valence-corrected chi connectivity index (χ3v) is 2.94. The molecule has 1 aromatic carbocycles. The zero-order chi connectivity index (χ0) is 12.3. The molecule has 2 rings (SSSR count). The SMILES string of the molecule is COC(=O)[C@H]1CN(Cc2ccccc2)CC1=O. The van der Waals surface area contributed by atoms with E-state index in [9.17, 15) is 9.59 Å². The molecule has 1 saturated heterocycles. The fraction of sp³-hybridized carbons (Fsp3) is 0.385. The topological polar surface area (TPSA) is 46.6 Å². The first-order valence-electron chi connectivity index (χ1n) is 5.57. The van der Waals surface area contributed by atoms with E-state index in [0.717, 1.165) is 5.56 Å². The predicted octanol–water partition coefficient (Wildman–Crippen LogP) is 0.861. The van der Waals surface area contributed by atoms with Crippen molar-refractivity contribution in [3.05, 3.63) is 35.9 Å². The molecule has 1 atom stereocenters. The number of carbonyl (C=O) groups is 2. The van der Waals surface area contributed by atoms with E-state index in [0.29, 0.717) is 19.6 Å². The van der Waals surface area contributed by atoms with Crippen LogP contribution >= 0.6 is 0 Å². The number of Topliss-reactive ketones (excluding diaryl/α,β-unsaturated/α-hetero) is 1. The zero-order valence-corrected chi connectivity index (χ0v) is 9.76. The molecule has 0 aromatic heterocycles. The van der Waals surface area contributed by atoms with E-state index in [1.807, 2.05) is 35.2 Å². The van der Waals surface area contributed by atoms with Gasteiger partial charge in [-0.25, -0.2) is 0 Å². The minimum absolute atomic E-state index is 0.0484. The first-order chi connectivity index (χ1) is 8.20. The minimum atomic E-state index is -0.608. The summed E-state index contributed by atoms with van der Waals surface area (Å²) in [6.07, 6.45) is 0. The van der Waals surface area contributed by atoms with Gasteiger partial charge < -0.3 is 4.74 Å². The Hall–Kier alpha value is -1.68. The van der Waals surface area contributed by atoms with Gasteiger partial charge in [0.25, 0.3) is 0 Å². The smallest absolute Gasteiger partial charge is 0.317 e. The van der Waals surface area contributed by atoms with E-state index < -0.39 is 11.9 Å². The Kier molecular flexibility index (Phi) is 3.54. The van der Waals surface area contributed by atoms with E-state index in [1.54, 1.807) is 0 Å². The lowest BCUT2D eigenvalue weighted by atomic mass is 10.1. The number of carbonyl (C=O) groups excluding carboxylic acids is 2. The second-order valence-corrected chi connectivity index (χ2v) is 4.20. The van der Waals surface area contributed by atoms with Gasteiger partial charge in [-0.2, -0.15) is 0 Å². The van der Waals surface area contributed by atoms with Gasteiger partial charge in [-0.3, -0.25) is 14.5 Å². The summed E-state index contributed by atoms with van der Waals surface area (Å²) in [5.74, 6) is -1.08. The predicted molar refractivity (Wildman–Crippen MR) is 62.2 cm³/mol. The fourth-order valence-electron chi connectivity index (χ4n) is 2.07. The summed E-state index contributed by atoms with van der Waals surface area (Å²) in [5.41, 5.74) is 1.14. The minimum Gasteiger partial charge on any atom is -0.468 e. The van der Waals surface area contributed by atoms with Crippen LogP contribution in [0.5, 0.6) is 0 Å². The van der Waals surface area contributed by atoms with Gasteiger partial charge in [0.1, 0.15) is 5.92 Å². The Balaban J connectivity index is 1.98. The van der Waals surface area contributed by atoms with E-state index in [2.05, 4.69) is 4.74 Å². The van der Waals surface area contributed by atoms with Crippen LogP contribution in [-0.4, -0.2) is 36.9 Å². The molecule has 0 radical (unpaired) electrons. The summed E-state index contributed by atoms with van der Waals surface area (Å²) in [5, 5.41) is 0. The quantitative estimate of drug-likeness (QED) is 0.574. The van der Waals surface area contributed by atoms with Gasteiger partial charge in [-0.1, -0.05) is 30.3 Å². The van der Waals surface area contributed by atoms with Crippen LogP contribution in [0.3, 0.4) is 0 Å². The summed E-state index contributed by atoms with van der Waals surface area (Å²) >= 11 is 0. The summed E-state index contributed by atoms with van der Waals surface area (Å²) in [4.78, 5) is 25.0. The van der Waals surface area contributed by atoms with E-state index in [-0.39, 0.29) is 5.78 Å². The molecule has 0 N–H and O–H groups in total. The second kappa shape index (κ2) is 5.10. The molecule has 0 saturated carbocycles. The number of hydrogen-bond acceptors (Lipinski definition) is 4. The van der Waals surface area contributed by atoms with Gasteiger partial charge in [0.15, 0.2) is 5.78 Å². The molecule has 1 aliphatic heterocycles. The molecule has 0 spiro atoms. The highest BCUT2D eigenvalue weighted by atomic mass is 16.5. The maximum absolute atomic E-state index is 11.6. The molecule has 4 nitrogen and oxygen atoms in total. The van der Waals surface area contributed by atoms with Crippen molar-refractivity contribution in [3.8, 4) is 0 Å².